The Labute approximate surface area is 73.8 Å². The van der Waals surface area contributed by atoms with E-state index in [9.17, 15) is 9.59 Å². The highest BCUT2D eigenvalue weighted by Crippen LogP contribution is 2.10. The summed E-state index contributed by atoms with van der Waals surface area (Å²) in [6.07, 6.45) is 1.79. The molecule has 4 nitrogen and oxygen atoms in total. The van der Waals surface area contributed by atoms with Gasteiger partial charge in [-0.1, -0.05) is 11.6 Å². The maximum atomic E-state index is 10.3. The highest BCUT2D eigenvalue weighted by Gasteiger charge is 2.04. The van der Waals surface area contributed by atoms with E-state index in [0.29, 0.717) is 0 Å². The zero-order chi connectivity index (χ0) is 9.72. The second-order valence-corrected chi connectivity index (χ2v) is 2.36. The first-order valence-electron chi connectivity index (χ1n) is 2.96. The molecule has 0 aliphatic rings. The molecule has 0 atom stereocenters. The molecule has 0 aliphatic heterocycles. The van der Waals surface area contributed by atoms with Crippen molar-refractivity contribution in [3.05, 3.63) is 22.8 Å². The molecule has 5 heteroatoms. The van der Waals surface area contributed by atoms with Gasteiger partial charge in [0.25, 0.3) is 0 Å². The molecule has 0 saturated heterocycles. The number of allylic oxidation sites excluding steroid dienone is 2. The van der Waals surface area contributed by atoms with Crippen LogP contribution in [0, 0.1) is 0 Å². The Hall–Kier alpha value is -1.29. The van der Waals surface area contributed by atoms with Crippen LogP contribution in [-0.2, 0) is 9.59 Å². The lowest BCUT2D eigenvalue weighted by Crippen LogP contribution is -1.97. The van der Waals surface area contributed by atoms with E-state index in [1.54, 1.807) is 0 Å². The van der Waals surface area contributed by atoms with Gasteiger partial charge < -0.3 is 10.2 Å². The predicted molar refractivity (Wildman–Crippen MR) is 43.0 cm³/mol. The van der Waals surface area contributed by atoms with Gasteiger partial charge in [-0.05, 0) is 13.0 Å². The molecule has 0 saturated carbocycles. The number of carboxylic acid groups (broad SMARTS) is 2. The molecule has 0 aromatic rings. The van der Waals surface area contributed by atoms with E-state index >= 15 is 0 Å². The zero-order valence-electron chi connectivity index (χ0n) is 6.24. The first-order valence-corrected chi connectivity index (χ1v) is 3.33. The fourth-order valence-corrected chi connectivity index (χ4v) is 0.515. The number of aliphatic carboxylic acids is 2. The van der Waals surface area contributed by atoms with Crippen molar-refractivity contribution in [1.82, 2.24) is 0 Å². The summed E-state index contributed by atoms with van der Waals surface area (Å²) in [5, 5.41) is 16.5. The molecule has 0 unspecified atom stereocenters. The molecule has 0 radical (unpaired) electrons. The summed E-state index contributed by atoms with van der Waals surface area (Å²) in [6, 6.07) is 0. The normalized spacial score (nSPS) is 12.8. The first-order chi connectivity index (χ1) is 5.45. The monoisotopic (exact) mass is 190 g/mol. The summed E-state index contributed by atoms with van der Waals surface area (Å²) in [4.78, 5) is 20.2. The van der Waals surface area contributed by atoms with Gasteiger partial charge in [0, 0.05) is 6.08 Å². The number of hydrogen-bond acceptors (Lipinski definition) is 2. The SMILES string of the molecule is C/C(C(=O)O)=C(Cl)\C=C\C(=O)O. The van der Waals surface area contributed by atoms with Crippen LogP contribution in [0.2, 0.25) is 0 Å². The highest BCUT2D eigenvalue weighted by molar-refractivity contribution is 6.33. The van der Waals surface area contributed by atoms with Crippen LogP contribution in [-0.4, -0.2) is 22.2 Å². The summed E-state index contributed by atoms with van der Waals surface area (Å²) in [7, 11) is 0. The third-order valence-electron chi connectivity index (χ3n) is 1.05. The van der Waals surface area contributed by atoms with Crippen molar-refractivity contribution < 1.29 is 19.8 Å². The summed E-state index contributed by atoms with van der Waals surface area (Å²) in [5.41, 5.74) is -0.0887. The van der Waals surface area contributed by atoms with Crippen molar-refractivity contribution in [3.63, 3.8) is 0 Å². The summed E-state index contributed by atoms with van der Waals surface area (Å²) < 4.78 is 0. The Balaban J connectivity index is 4.58. The van der Waals surface area contributed by atoms with Gasteiger partial charge in [0.1, 0.15) is 0 Å². The van der Waals surface area contributed by atoms with E-state index in [2.05, 4.69) is 0 Å². The Bertz CT molecular complexity index is 265. The van der Waals surface area contributed by atoms with Crippen LogP contribution >= 0.6 is 11.6 Å². The molecule has 66 valence electrons. The minimum absolute atomic E-state index is 0.0887. The Kier molecular flexibility index (Phi) is 4.07. The highest BCUT2D eigenvalue weighted by atomic mass is 35.5. The van der Waals surface area contributed by atoms with Gasteiger partial charge in [0.15, 0.2) is 0 Å². The summed E-state index contributed by atoms with van der Waals surface area (Å²) >= 11 is 5.42. The molecule has 0 amide bonds. The third kappa shape index (κ3) is 3.78. The van der Waals surface area contributed by atoms with Crippen LogP contribution in [0.4, 0.5) is 0 Å². The van der Waals surface area contributed by atoms with Gasteiger partial charge in [-0.3, -0.25) is 0 Å². The maximum Gasteiger partial charge on any atom is 0.332 e. The van der Waals surface area contributed by atoms with E-state index in [0.717, 1.165) is 12.2 Å². The van der Waals surface area contributed by atoms with E-state index in [1.165, 1.54) is 6.92 Å². The van der Waals surface area contributed by atoms with E-state index in [-0.39, 0.29) is 10.6 Å². The standard InChI is InChI=1S/C7H7ClO4/c1-4(7(11)12)5(8)2-3-6(9)10/h2-3H,1H3,(H,9,10)(H,11,12)/b3-2+,5-4-. The van der Waals surface area contributed by atoms with E-state index in [4.69, 9.17) is 21.8 Å². The van der Waals surface area contributed by atoms with Crippen LogP contribution in [0.3, 0.4) is 0 Å². The minimum Gasteiger partial charge on any atom is -0.478 e. The van der Waals surface area contributed by atoms with Crippen molar-refractivity contribution in [3.8, 4) is 0 Å². The molecule has 0 fully saturated rings. The Morgan fingerprint density at radius 1 is 1.25 bits per heavy atom. The van der Waals surface area contributed by atoms with Crippen molar-refractivity contribution in [2.45, 2.75) is 6.92 Å². The van der Waals surface area contributed by atoms with Crippen molar-refractivity contribution >= 4 is 23.5 Å². The van der Waals surface area contributed by atoms with Crippen molar-refractivity contribution in [2.75, 3.05) is 0 Å². The zero-order valence-corrected chi connectivity index (χ0v) is 7.00. The molecule has 0 aromatic heterocycles. The number of hydrogen-bond donors (Lipinski definition) is 2. The van der Waals surface area contributed by atoms with Gasteiger partial charge in [-0.15, -0.1) is 0 Å². The molecule has 12 heavy (non-hydrogen) atoms. The number of carbonyl (C=O) groups is 2. The molecule has 0 aliphatic carbocycles. The van der Waals surface area contributed by atoms with Gasteiger partial charge in [-0.2, -0.15) is 0 Å². The Morgan fingerprint density at radius 2 is 1.75 bits per heavy atom. The molecular weight excluding hydrogens is 184 g/mol. The molecule has 2 N–H and O–H groups in total. The molecule has 0 heterocycles. The molecular formula is C7H7ClO4. The quantitative estimate of drug-likeness (QED) is 0.519. The van der Waals surface area contributed by atoms with Gasteiger partial charge >= 0.3 is 11.9 Å². The van der Waals surface area contributed by atoms with Gasteiger partial charge in [-0.25, -0.2) is 9.59 Å². The number of carboxylic acids is 2. The average molecular weight is 191 g/mol. The predicted octanol–water partition coefficient (Wildman–Crippen LogP) is 1.22. The lowest BCUT2D eigenvalue weighted by molar-refractivity contribution is -0.133. The van der Waals surface area contributed by atoms with Crippen molar-refractivity contribution in [2.24, 2.45) is 0 Å². The minimum atomic E-state index is -1.17. The molecule has 0 rings (SSSR count). The van der Waals surface area contributed by atoms with Crippen LogP contribution in [0.1, 0.15) is 6.92 Å². The largest absolute Gasteiger partial charge is 0.478 e. The van der Waals surface area contributed by atoms with Crippen molar-refractivity contribution in [1.29, 1.82) is 0 Å². The number of halogens is 1. The summed E-state index contributed by atoms with van der Waals surface area (Å²) in [6.45, 7) is 1.29. The van der Waals surface area contributed by atoms with E-state index in [1.807, 2.05) is 0 Å². The topological polar surface area (TPSA) is 74.6 Å². The van der Waals surface area contributed by atoms with Gasteiger partial charge in [0.2, 0.25) is 0 Å². The summed E-state index contributed by atoms with van der Waals surface area (Å²) in [5.74, 6) is -2.35. The third-order valence-corrected chi connectivity index (χ3v) is 1.46. The fourth-order valence-electron chi connectivity index (χ4n) is 0.372. The van der Waals surface area contributed by atoms with Crippen LogP contribution in [0.15, 0.2) is 22.8 Å². The average Bonchev–Trinajstić information content (AvgIpc) is 1.98. The van der Waals surface area contributed by atoms with Crippen LogP contribution < -0.4 is 0 Å². The Morgan fingerprint density at radius 3 is 2.08 bits per heavy atom. The fraction of sp³-hybridized carbons (Fsp3) is 0.143. The van der Waals surface area contributed by atoms with E-state index < -0.39 is 11.9 Å². The maximum absolute atomic E-state index is 10.3. The second-order valence-electron chi connectivity index (χ2n) is 1.95. The smallest absolute Gasteiger partial charge is 0.332 e. The molecule has 0 aromatic carbocycles. The second kappa shape index (κ2) is 4.56. The number of rotatable bonds is 3. The lowest BCUT2D eigenvalue weighted by atomic mass is 10.3. The van der Waals surface area contributed by atoms with Crippen LogP contribution in [0.25, 0.3) is 0 Å². The van der Waals surface area contributed by atoms with Gasteiger partial charge in [0.05, 0.1) is 10.6 Å². The first kappa shape index (κ1) is 10.7. The molecule has 0 spiro atoms. The lowest BCUT2D eigenvalue weighted by Gasteiger charge is -1.93. The molecule has 0 bridgehead atoms. The van der Waals surface area contributed by atoms with Crippen LogP contribution in [0.5, 0.6) is 0 Å².